The predicted molar refractivity (Wildman–Crippen MR) is 76.8 cm³/mol. The van der Waals surface area contributed by atoms with Crippen molar-refractivity contribution in [2.24, 2.45) is 0 Å². The number of amides is 2. The zero-order chi connectivity index (χ0) is 13.9. The molecule has 4 heteroatoms. The van der Waals surface area contributed by atoms with E-state index in [1.54, 1.807) is 4.90 Å². The summed E-state index contributed by atoms with van der Waals surface area (Å²) in [4.78, 5) is 25.1. The van der Waals surface area contributed by atoms with Crippen LogP contribution < -0.4 is 5.32 Å². The van der Waals surface area contributed by atoms with E-state index in [2.05, 4.69) is 12.2 Å². The quantitative estimate of drug-likeness (QED) is 0.688. The molecule has 0 radical (unpaired) electrons. The molecule has 1 fully saturated rings. The van der Waals surface area contributed by atoms with Crippen LogP contribution in [0.1, 0.15) is 64.7 Å². The molecule has 0 saturated carbocycles. The molecular weight excluding hydrogens is 240 g/mol. The van der Waals surface area contributed by atoms with Gasteiger partial charge in [0, 0.05) is 19.5 Å². The number of hydrogen-bond acceptors (Lipinski definition) is 2. The second-order valence-corrected chi connectivity index (χ2v) is 5.39. The highest BCUT2D eigenvalue weighted by atomic mass is 16.2. The predicted octanol–water partition coefficient (Wildman–Crippen LogP) is 2.48. The fourth-order valence-electron chi connectivity index (χ4n) is 2.41. The maximum Gasteiger partial charge on any atom is 0.239 e. The Kier molecular flexibility index (Phi) is 8.26. The van der Waals surface area contributed by atoms with E-state index in [0.29, 0.717) is 19.5 Å². The molecule has 0 bridgehead atoms. The van der Waals surface area contributed by atoms with Crippen molar-refractivity contribution in [3.8, 4) is 0 Å². The molecule has 110 valence electrons. The van der Waals surface area contributed by atoms with Crippen molar-refractivity contribution in [1.29, 1.82) is 0 Å². The highest BCUT2D eigenvalue weighted by Crippen LogP contribution is 2.10. The first-order chi connectivity index (χ1) is 9.24. The summed E-state index contributed by atoms with van der Waals surface area (Å²) in [6, 6.07) is 0. The third-order valence-electron chi connectivity index (χ3n) is 3.61. The first-order valence-corrected chi connectivity index (χ1v) is 7.78. The Hall–Kier alpha value is -1.06. The molecule has 0 spiro atoms. The van der Waals surface area contributed by atoms with Crippen molar-refractivity contribution in [3.05, 3.63) is 0 Å². The molecule has 1 aliphatic rings. The second-order valence-electron chi connectivity index (χ2n) is 5.39. The van der Waals surface area contributed by atoms with Gasteiger partial charge in [0.05, 0.1) is 6.54 Å². The molecule has 1 N–H and O–H groups in total. The molecule has 0 unspecified atom stereocenters. The number of carbonyl (C=O) groups is 2. The van der Waals surface area contributed by atoms with E-state index < -0.39 is 0 Å². The van der Waals surface area contributed by atoms with Crippen LogP contribution in [-0.4, -0.2) is 36.3 Å². The van der Waals surface area contributed by atoms with Crippen molar-refractivity contribution in [3.63, 3.8) is 0 Å². The van der Waals surface area contributed by atoms with Gasteiger partial charge in [-0.2, -0.15) is 0 Å². The SMILES string of the molecule is CCCCCCCCCC(=O)N1CCCNC(=O)C1. The van der Waals surface area contributed by atoms with E-state index in [-0.39, 0.29) is 18.4 Å². The molecule has 0 atom stereocenters. The fourth-order valence-corrected chi connectivity index (χ4v) is 2.41. The minimum Gasteiger partial charge on any atom is -0.354 e. The molecule has 1 heterocycles. The van der Waals surface area contributed by atoms with Gasteiger partial charge in [-0.05, 0) is 12.8 Å². The van der Waals surface area contributed by atoms with Crippen molar-refractivity contribution in [1.82, 2.24) is 10.2 Å². The van der Waals surface area contributed by atoms with Gasteiger partial charge in [0.25, 0.3) is 0 Å². The molecular formula is C15H28N2O2. The normalized spacial score (nSPS) is 16.1. The van der Waals surface area contributed by atoms with Crippen LogP contribution in [-0.2, 0) is 9.59 Å². The summed E-state index contributed by atoms with van der Waals surface area (Å²) in [6.45, 7) is 3.87. The molecule has 0 aliphatic carbocycles. The summed E-state index contributed by atoms with van der Waals surface area (Å²) in [6.07, 6.45) is 9.99. The number of nitrogens with one attached hydrogen (secondary N) is 1. The number of nitrogens with zero attached hydrogens (tertiary/aromatic N) is 1. The lowest BCUT2D eigenvalue weighted by Gasteiger charge is -2.18. The molecule has 4 nitrogen and oxygen atoms in total. The fraction of sp³-hybridized carbons (Fsp3) is 0.867. The lowest BCUT2D eigenvalue weighted by atomic mass is 10.1. The summed E-state index contributed by atoms with van der Waals surface area (Å²) in [7, 11) is 0. The molecule has 2 amide bonds. The lowest BCUT2D eigenvalue weighted by Crippen LogP contribution is -2.37. The zero-order valence-corrected chi connectivity index (χ0v) is 12.2. The minimum atomic E-state index is -0.0228. The topological polar surface area (TPSA) is 49.4 Å². The Morgan fingerprint density at radius 3 is 2.58 bits per heavy atom. The molecule has 0 aromatic rings. The van der Waals surface area contributed by atoms with Crippen molar-refractivity contribution in [2.75, 3.05) is 19.6 Å². The van der Waals surface area contributed by atoms with E-state index >= 15 is 0 Å². The van der Waals surface area contributed by atoms with Gasteiger partial charge in [-0.25, -0.2) is 0 Å². The summed E-state index contributed by atoms with van der Waals surface area (Å²) < 4.78 is 0. The van der Waals surface area contributed by atoms with Gasteiger partial charge in [0.15, 0.2) is 0 Å². The number of hydrogen-bond donors (Lipinski definition) is 1. The van der Waals surface area contributed by atoms with Gasteiger partial charge in [-0.1, -0.05) is 45.4 Å². The Morgan fingerprint density at radius 2 is 1.84 bits per heavy atom. The van der Waals surface area contributed by atoms with Gasteiger partial charge < -0.3 is 10.2 Å². The second kappa shape index (κ2) is 9.82. The van der Waals surface area contributed by atoms with Crippen LogP contribution in [0, 0.1) is 0 Å². The van der Waals surface area contributed by atoms with Crippen LogP contribution in [0.25, 0.3) is 0 Å². The van der Waals surface area contributed by atoms with Crippen molar-refractivity contribution >= 4 is 11.8 Å². The van der Waals surface area contributed by atoms with Crippen LogP contribution in [0.2, 0.25) is 0 Å². The zero-order valence-electron chi connectivity index (χ0n) is 12.2. The average molecular weight is 268 g/mol. The van der Waals surface area contributed by atoms with Crippen molar-refractivity contribution < 1.29 is 9.59 Å². The van der Waals surface area contributed by atoms with Gasteiger partial charge >= 0.3 is 0 Å². The Labute approximate surface area is 116 Å². The van der Waals surface area contributed by atoms with E-state index in [9.17, 15) is 9.59 Å². The van der Waals surface area contributed by atoms with Crippen LogP contribution in [0.15, 0.2) is 0 Å². The van der Waals surface area contributed by atoms with Crippen LogP contribution in [0.4, 0.5) is 0 Å². The molecule has 1 aliphatic heterocycles. The van der Waals surface area contributed by atoms with E-state index in [1.165, 1.54) is 32.1 Å². The lowest BCUT2D eigenvalue weighted by molar-refractivity contribution is -0.135. The van der Waals surface area contributed by atoms with Gasteiger partial charge in [-0.15, -0.1) is 0 Å². The summed E-state index contributed by atoms with van der Waals surface area (Å²) >= 11 is 0. The maximum absolute atomic E-state index is 12.0. The number of rotatable bonds is 8. The standard InChI is InChI=1S/C15H28N2O2/c1-2-3-4-5-6-7-8-10-15(19)17-12-9-11-16-14(18)13-17/h2-13H2,1H3,(H,16,18). The van der Waals surface area contributed by atoms with Crippen LogP contribution in [0.5, 0.6) is 0 Å². The number of carbonyl (C=O) groups excluding carboxylic acids is 2. The van der Waals surface area contributed by atoms with E-state index in [4.69, 9.17) is 0 Å². The summed E-state index contributed by atoms with van der Waals surface area (Å²) in [5.74, 6) is 0.121. The highest BCUT2D eigenvalue weighted by molar-refractivity contribution is 5.85. The Balaban J connectivity index is 2.08. The maximum atomic E-state index is 12.0. The largest absolute Gasteiger partial charge is 0.354 e. The third kappa shape index (κ3) is 7.19. The Bertz CT molecular complexity index is 279. The van der Waals surface area contributed by atoms with Gasteiger partial charge in [0.1, 0.15) is 0 Å². The van der Waals surface area contributed by atoms with Crippen LogP contribution in [0.3, 0.4) is 0 Å². The third-order valence-corrected chi connectivity index (χ3v) is 3.61. The first kappa shape index (κ1) is 16.0. The van der Waals surface area contributed by atoms with Crippen molar-refractivity contribution in [2.45, 2.75) is 64.7 Å². The smallest absolute Gasteiger partial charge is 0.239 e. The molecule has 1 saturated heterocycles. The minimum absolute atomic E-state index is 0.0228. The number of unbranched alkanes of at least 4 members (excludes halogenated alkanes) is 6. The molecule has 1 rings (SSSR count). The van der Waals surface area contributed by atoms with Gasteiger partial charge in [0.2, 0.25) is 11.8 Å². The van der Waals surface area contributed by atoms with Gasteiger partial charge in [-0.3, -0.25) is 9.59 Å². The summed E-state index contributed by atoms with van der Waals surface area (Å²) in [5, 5.41) is 2.79. The summed E-state index contributed by atoms with van der Waals surface area (Å²) in [5.41, 5.74) is 0. The first-order valence-electron chi connectivity index (χ1n) is 7.78. The average Bonchev–Trinajstić information content (AvgIpc) is 2.62. The molecule has 0 aromatic carbocycles. The monoisotopic (exact) mass is 268 g/mol. The highest BCUT2D eigenvalue weighted by Gasteiger charge is 2.18. The van der Waals surface area contributed by atoms with E-state index in [1.807, 2.05) is 0 Å². The molecule has 19 heavy (non-hydrogen) atoms. The van der Waals surface area contributed by atoms with Crippen LogP contribution >= 0.6 is 0 Å². The Morgan fingerprint density at radius 1 is 1.16 bits per heavy atom. The molecule has 0 aromatic heterocycles. The van der Waals surface area contributed by atoms with E-state index in [0.717, 1.165) is 19.3 Å².